The highest BCUT2D eigenvalue weighted by molar-refractivity contribution is 5.69. The summed E-state index contributed by atoms with van der Waals surface area (Å²) in [5.74, 6) is 0.814. The molecule has 2 bridgehead atoms. The van der Waals surface area contributed by atoms with Gasteiger partial charge in [0.25, 0.3) is 5.69 Å². The van der Waals surface area contributed by atoms with E-state index in [1.54, 1.807) is 6.07 Å². The van der Waals surface area contributed by atoms with E-state index >= 15 is 0 Å². The van der Waals surface area contributed by atoms with Crippen LogP contribution in [0.25, 0.3) is 0 Å². The minimum atomic E-state index is -0.418. The quantitative estimate of drug-likeness (QED) is 0.663. The molecule has 2 heterocycles. The third-order valence-electron chi connectivity index (χ3n) is 4.15. The molecule has 0 aromatic heterocycles. The Balaban J connectivity index is 1.90. The lowest BCUT2D eigenvalue weighted by molar-refractivity contribution is -0.384. The molecule has 3 unspecified atom stereocenters. The van der Waals surface area contributed by atoms with E-state index in [9.17, 15) is 10.1 Å². The van der Waals surface area contributed by atoms with E-state index in [0.29, 0.717) is 17.2 Å². The molecule has 21 heavy (non-hydrogen) atoms. The number of methoxy groups -OCH3 is 2. The zero-order valence-electron chi connectivity index (χ0n) is 12.0. The number of rotatable bonds is 5. The summed E-state index contributed by atoms with van der Waals surface area (Å²) in [4.78, 5) is 10.8. The number of nitrogens with one attached hydrogen (secondary N) is 1. The summed E-state index contributed by atoms with van der Waals surface area (Å²) in [6, 6.07) is 3.11. The van der Waals surface area contributed by atoms with Crippen molar-refractivity contribution in [2.24, 2.45) is 0 Å². The summed E-state index contributed by atoms with van der Waals surface area (Å²) in [5, 5.41) is 14.5. The van der Waals surface area contributed by atoms with Crippen molar-refractivity contribution >= 4 is 11.4 Å². The van der Waals surface area contributed by atoms with E-state index in [1.807, 2.05) is 0 Å². The Morgan fingerprint density at radius 2 is 2.00 bits per heavy atom. The van der Waals surface area contributed by atoms with Gasteiger partial charge in [-0.1, -0.05) is 0 Å². The normalized spacial score (nSPS) is 26.7. The molecule has 3 atom stereocenters. The number of fused-ring (bicyclic) bond motifs is 2. The molecule has 0 saturated carbocycles. The minimum absolute atomic E-state index is 0.0181. The lowest BCUT2D eigenvalue weighted by atomic mass is 9.95. The summed E-state index contributed by atoms with van der Waals surface area (Å²) in [6.45, 7) is 0. The summed E-state index contributed by atoms with van der Waals surface area (Å²) in [5.41, 5.74) is 0.425. The summed E-state index contributed by atoms with van der Waals surface area (Å²) in [6.07, 6.45) is 3.39. The lowest BCUT2D eigenvalue weighted by Gasteiger charge is -2.21. The molecule has 0 spiro atoms. The van der Waals surface area contributed by atoms with Gasteiger partial charge in [0.05, 0.1) is 43.5 Å². The molecule has 114 valence electrons. The highest BCUT2D eigenvalue weighted by Crippen LogP contribution is 2.41. The number of anilines is 1. The Bertz CT molecular complexity index is 563. The Morgan fingerprint density at radius 3 is 2.52 bits per heavy atom. The minimum Gasteiger partial charge on any atom is -0.493 e. The number of benzene rings is 1. The number of nitro benzene ring substituents is 1. The first-order chi connectivity index (χ1) is 10.1. The van der Waals surface area contributed by atoms with E-state index < -0.39 is 4.92 Å². The predicted molar refractivity (Wildman–Crippen MR) is 76.1 cm³/mol. The van der Waals surface area contributed by atoms with Crippen LogP contribution in [0.1, 0.15) is 19.3 Å². The fourth-order valence-corrected chi connectivity index (χ4v) is 3.12. The second-order valence-corrected chi connectivity index (χ2v) is 5.34. The van der Waals surface area contributed by atoms with Gasteiger partial charge < -0.3 is 19.5 Å². The van der Waals surface area contributed by atoms with Crippen LogP contribution in [-0.2, 0) is 4.74 Å². The molecule has 1 aromatic rings. The van der Waals surface area contributed by atoms with E-state index in [1.165, 1.54) is 20.3 Å². The topological polar surface area (TPSA) is 82.9 Å². The van der Waals surface area contributed by atoms with Gasteiger partial charge in [-0.25, -0.2) is 0 Å². The van der Waals surface area contributed by atoms with Crippen LogP contribution in [0.4, 0.5) is 11.4 Å². The molecular formula is C14H18N2O5. The number of hydrogen-bond acceptors (Lipinski definition) is 6. The Morgan fingerprint density at radius 1 is 1.29 bits per heavy atom. The van der Waals surface area contributed by atoms with Crippen LogP contribution in [0.15, 0.2) is 12.1 Å². The number of nitrogens with zero attached hydrogens (tertiary/aromatic N) is 1. The Kier molecular flexibility index (Phi) is 3.59. The number of ether oxygens (including phenoxy) is 3. The Hall–Kier alpha value is -2.02. The third kappa shape index (κ3) is 2.49. The van der Waals surface area contributed by atoms with Crippen molar-refractivity contribution in [1.29, 1.82) is 0 Å². The van der Waals surface area contributed by atoms with Gasteiger partial charge in [0.15, 0.2) is 11.5 Å². The van der Waals surface area contributed by atoms with Crippen LogP contribution >= 0.6 is 0 Å². The van der Waals surface area contributed by atoms with Gasteiger partial charge in [-0.2, -0.15) is 0 Å². The average Bonchev–Trinajstić information content (AvgIpc) is 3.09. The highest BCUT2D eigenvalue weighted by Gasteiger charge is 2.41. The largest absolute Gasteiger partial charge is 0.493 e. The SMILES string of the molecule is COc1cc(NC2CC3CCC2O3)c([N+](=O)[O-])cc1OC. The molecule has 2 aliphatic rings. The van der Waals surface area contributed by atoms with Crippen molar-refractivity contribution < 1.29 is 19.1 Å². The maximum atomic E-state index is 11.3. The molecule has 0 amide bonds. The van der Waals surface area contributed by atoms with E-state index in [-0.39, 0.29) is 23.9 Å². The predicted octanol–water partition coefficient (Wildman–Crippen LogP) is 2.34. The zero-order valence-corrected chi connectivity index (χ0v) is 12.0. The maximum Gasteiger partial charge on any atom is 0.296 e. The fourth-order valence-electron chi connectivity index (χ4n) is 3.12. The summed E-state index contributed by atoms with van der Waals surface area (Å²) < 4.78 is 16.1. The van der Waals surface area contributed by atoms with Gasteiger partial charge >= 0.3 is 0 Å². The van der Waals surface area contributed by atoms with Gasteiger partial charge in [-0.3, -0.25) is 10.1 Å². The van der Waals surface area contributed by atoms with Crippen molar-refractivity contribution in [3.05, 3.63) is 22.2 Å². The van der Waals surface area contributed by atoms with Crippen molar-refractivity contribution in [2.75, 3.05) is 19.5 Å². The first-order valence-electron chi connectivity index (χ1n) is 6.94. The molecule has 7 heteroatoms. The zero-order chi connectivity index (χ0) is 15.0. The van der Waals surface area contributed by atoms with Crippen LogP contribution < -0.4 is 14.8 Å². The van der Waals surface area contributed by atoms with Crippen LogP contribution in [0.5, 0.6) is 11.5 Å². The van der Waals surface area contributed by atoms with Gasteiger partial charge in [0, 0.05) is 6.07 Å². The van der Waals surface area contributed by atoms with E-state index in [2.05, 4.69) is 5.32 Å². The maximum absolute atomic E-state index is 11.3. The van der Waals surface area contributed by atoms with Gasteiger partial charge in [-0.05, 0) is 19.3 Å². The molecule has 2 aliphatic heterocycles. The molecule has 1 aromatic carbocycles. The molecule has 2 saturated heterocycles. The average molecular weight is 294 g/mol. The molecule has 3 rings (SSSR count). The van der Waals surface area contributed by atoms with Gasteiger partial charge in [-0.15, -0.1) is 0 Å². The van der Waals surface area contributed by atoms with Crippen molar-refractivity contribution in [3.63, 3.8) is 0 Å². The van der Waals surface area contributed by atoms with Crippen molar-refractivity contribution in [1.82, 2.24) is 0 Å². The van der Waals surface area contributed by atoms with Crippen molar-refractivity contribution in [2.45, 2.75) is 37.5 Å². The smallest absolute Gasteiger partial charge is 0.296 e. The number of nitro groups is 1. The molecule has 0 aliphatic carbocycles. The van der Waals surface area contributed by atoms with E-state index in [0.717, 1.165) is 19.3 Å². The van der Waals surface area contributed by atoms with Crippen molar-refractivity contribution in [3.8, 4) is 11.5 Å². The monoisotopic (exact) mass is 294 g/mol. The van der Waals surface area contributed by atoms with Crippen LogP contribution in [0.2, 0.25) is 0 Å². The molecule has 1 N–H and O–H groups in total. The Labute approximate surface area is 122 Å². The molecule has 7 nitrogen and oxygen atoms in total. The standard InChI is InChI=1S/C14H18N2O5/c1-19-13-6-9(11(16(17)18)7-14(13)20-2)15-10-5-8-3-4-12(10)21-8/h6-8,10,12,15H,3-5H2,1-2H3. The number of hydrogen-bond donors (Lipinski definition) is 1. The van der Waals surface area contributed by atoms with Crippen LogP contribution in [0, 0.1) is 10.1 Å². The summed E-state index contributed by atoms with van der Waals surface area (Å²) in [7, 11) is 2.96. The van der Waals surface area contributed by atoms with Crippen LogP contribution in [-0.4, -0.2) is 37.4 Å². The fraction of sp³-hybridized carbons (Fsp3) is 0.571. The molecular weight excluding hydrogens is 276 g/mol. The van der Waals surface area contributed by atoms with Gasteiger partial charge in [0.2, 0.25) is 0 Å². The lowest BCUT2D eigenvalue weighted by Crippen LogP contribution is -2.30. The summed E-state index contributed by atoms with van der Waals surface area (Å²) >= 11 is 0. The third-order valence-corrected chi connectivity index (χ3v) is 4.15. The second kappa shape index (κ2) is 5.40. The molecule has 0 radical (unpaired) electrons. The van der Waals surface area contributed by atoms with E-state index in [4.69, 9.17) is 14.2 Å². The highest BCUT2D eigenvalue weighted by atomic mass is 16.6. The van der Waals surface area contributed by atoms with Crippen LogP contribution in [0.3, 0.4) is 0 Å². The second-order valence-electron chi connectivity index (χ2n) is 5.34. The van der Waals surface area contributed by atoms with Gasteiger partial charge in [0.1, 0.15) is 5.69 Å². The first-order valence-corrected chi connectivity index (χ1v) is 6.94. The molecule has 2 fully saturated rings. The first kappa shape index (κ1) is 13.9.